The summed E-state index contributed by atoms with van der Waals surface area (Å²) in [6.07, 6.45) is 3.96. The molecule has 1 aliphatic rings. The van der Waals surface area contributed by atoms with E-state index in [1.54, 1.807) is 35.2 Å². The molecule has 1 unspecified atom stereocenters. The number of carbonyl (C=O) groups is 3. The zero-order valence-corrected chi connectivity index (χ0v) is 19.3. The van der Waals surface area contributed by atoms with E-state index in [0.717, 1.165) is 36.5 Å². The van der Waals surface area contributed by atoms with Gasteiger partial charge in [0.15, 0.2) is 0 Å². The normalized spacial score (nSPS) is 16.0. The number of hydrogen-bond acceptors (Lipinski definition) is 5. The van der Waals surface area contributed by atoms with Crippen LogP contribution in [-0.2, 0) is 4.79 Å². The Morgan fingerprint density at radius 2 is 1.84 bits per heavy atom. The number of rotatable bonds is 5. The Bertz CT molecular complexity index is 994. The summed E-state index contributed by atoms with van der Waals surface area (Å²) in [5, 5.41) is 6.48. The molecule has 1 saturated heterocycles. The summed E-state index contributed by atoms with van der Waals surface area (Å²) in [5.74, 6) is -0.663. The van der Waals surface area contributed by atoms with Gasteiger partial charge in [0, 0.05) is 18.2 Å². The predicted molar refractivity (Wildman–Crippen MR) is 130 cm³/mol. The molecule has 2 aromatic carbocycles. The number of urea groups is 1. The minimum absolute atomic E-state index is 0.107. The zero-order chi connectivity index (χ0) is 23.3. The number of halogens is 1. The molecule has 8 nitrogen and oxygen atoms in total. The summed E-state index contributed by atoms with van der Waals surface area (Å²) in [6, 6.07) is 10.6. The van der Waals surface area contributed by atoms with E-state index in [9.17, 15) is 14.4 Å². The quantitative estimate of drug-likeness (QED) is 0.487. The van der Waals surface area contributed by atoms with E-state index in [0.29, 0.717) is 27.6 Å². The molecule has 1 atom stereocenters. The van der Waals surface area contributed by atoms with Crippen molar-refractivity contribution >= 4 is 59.3 Å². The standard InChI is InChI=1S/C22H26ClN5O3S/c1-14(29)27(20-5-3-2-4-12-25-20)19-11-8-16(13-18(19)23)26-22(31)28(32)17-9-6-15(7-10-17)21(24)30/h6-11,13,20,25,32H,2-5,12H2,1H3,(H2,24,30)(H,26,31). The Kier molecular flexibility index (Phi) is 8.00. The summed E-state index contributed by atoms with van der Waals surface area (Å²) >= 11 is 10.7. The summed E-state index contributed by atoms with van der Waals surface area (Å²) in [4.78, 5) is 37.8. The third-order valence-electron chi connectivity index (χ3n) is 5.23. The second-order valence-electron chi connectivity index (χ2n) is 7.53. The maximum Gasteiger partial charge on any atom is 0.336 e. The van der Waals surface area contributed by atoms with Crippen molar-refractivity contribution in [1.29, 1.82) is 0 Å². The van der Waals surface area contributed by atoms with Gasteiger partial charge in [-0.3, -0.25) is 19.8 Å². The first-order chi connectivity index (χ1) is 15.3. The summed E-state index contributed by atoms with van der Waals surface area (Å²) in [5.41, 5.74) is 7.06. The third kappa shape index (κ3) is 5.73. The number of hydrogen-bond donors (Lipinski definition) is 4. The van der Waals surface area contributed by atoms with Crippen LogP contribution in [0.5, 0.6) is 0 Å². The molecule has 2 aromatic rings. The first-order valence-electron chi connectivity index (χ1n) is 10.3. The van der Waals surface area contributed by atoms with E-state index < -0.39 is 11.9 Å². The fourth-order valence-electron chi connectivity index (χ4n) is 3.63. The van der Waals surface area contributed by atoms with Gasteiger partial charge in [-0.05, 0) is 68.3 Å². The van der Waals surface area contributed by atoms with Gasteiger partial charge in [-0.15, -0.1) is 0 Å². The van der Waals surface area contributed by atoms with Gasteiger partial charge in [-0.1, -0.05) is 30.8 Å². The molecule has 4 amide bonds. The SMILES string of the molecule is CC(=O)N(c1ccc(NC(=O)N(S)c2ccc(C(N)=O)cc2)cc1Cl)C1CCCCCN1. The molecule has 170 valence electrons. The van der Waals surface area contributed by atoms with Crippen LogP contribution in [0.2, 0.25) is 5.02 Å². The lowest BCUT2D eigenvalue weighted by molar-refractivity contribution is -0.117. The van der Waals surface area contributed by atoms with Crippen LogP contribution >= 0.6 is 24.4 Å². The Morgan fingerprint density at radius 3 is 2.47 bits per heavy atom. The molecule has 1 heterocycles. The summed E-state index contributed by atoms with van der Waals surface area (Å²) in [6.45, 7) is 2.36. The molecule has 0 radical (unpaired) electrons. The highest BCUT2D eigenvalue weighted by Crippen LogP contribution is 2.32. The fraction of sp³-hybridized carbons (Fsp3) is 0.318. The maximum atomic E-state index is 12.6. The molecular formula is C22H26ClN5O3S. The Morgan fingerprint density at radius 1 is 1.12 bits per heavy atom. The van der Waals surface area contributed by atoms with E-state index in [1.165, 1.54) is 19.1 Å². The number of nitrogens with two attached hydrogens (primary N) is 1. The van der Waals surface area contributed by atoms with Gasteiger partial charge in [0.25, 0.3) is 0 Å². The van der Waals surface area contributed by atoms with E-state index in [2.05, 4.69) is 23.4 Å². The van der Waals surface area contributed by atoms with Crippen molar-refractivity contribution in [1.82, 2.24) is 5.32 Å². The van der Waals surface area contributed by atoms with E-state index in [1.807, 2.05) is 0 Å². The minimum Gasteiger partial charge on any atom is -0.366 e. The number of carbonyl (C=O) groups excluding carboxylic acids is 3. The van der Waals surface area contributed by atoms with Crippen molar-refractivity contribution in [2.75, 3.05) is 21.1 Å². The number of anilines is 3. The van der Waals surface area contributed by atoms with Crippen LogP contribution in [0.1, 0.15) is 43.0 Å². The maximum absolute atomic E-state index is 12.6. The Hall–Kier alpha value is -2.75. The van der Waals surface area contributed by atoms with Gasteiger partial charge in [0.2, 0.25) is 11.8 Å². The second-order valence-corrected chi connectivity index (χ2v) is 8.33. The molecule has 1 aliphatic heterocycles. The molecule has 4 N–H and O–H groups in total. The fourth-order valence-corrected chi connectivity index (χ4v) is 4.08. The molecule has 0 aliphatic carbocycles. The van der Waals surface area contributed by atoms with E-state index in [-0.39, 0.29) is 12.1 Å². The van der Waals surface area contributed by atoms with Crippen LogP contribution in [-0.4, -0.2) is 30.6 Å². The Balaban J connectivity index is 1.74. The average Bonchev–Trinajstić information content (AvgIpc) is 3.04. The zero-order valence-electron chi connectivity index (χ0n) is 17.7. The monoisotopic (exact) mass is 475 g/mol. The molecule has 1 fully saturated rings. The largest absolute Gasteiger partial charge is 0.366 e. The van der Waals surface area contributed by atoms with Gasteiger partial charge in [0.05, 0.1) is 22.6 Å². The third-order valence-corrected chi connectivity index (χ3v) is 5.95. The highest BCUT2D eigenvalue weighted by atomic mass is 35.5. The van der Waals surface area contributed by atoms with Crippen LogP contribution in [0.15, 0.2) is 42.5 Å². The van der Waals surface area contributed by atoms with Gasteiger partial charge < -0.3 is 11.1 Å². The lowest BCUT2D eigenvalue weighted by Crippen LogP contribution is -2.48. The first-order valence-corrected chi connectivity index (χ1v) is 11.1. The molecule has 0 saturated carbocycles. The van der Waals surface area contributed by atoms with Crippen molar-refractivity contribution < 1.29 is 14.4 Å². The van der Waals surface area contributed by atoms with Crippen LogP contribution in [0, 0.1) is 0 Å². The first kappa shape index (κ1) is 23.9. The molecule has 32 heavy (non-hydrogen) atoms. The summed E-state index contributed by atoms with van der Waals surface area (Å²) in [7, 11) is 0. The van der Waals surface area contributed by atoms with Crippen molar-refractivity contribution in [3.8, 4) is 0 Å². The van der Waals surface area contributed by atoms with E-state index >= 15 is 0 Å². The van der Waals surface area contributed by atoms with Crippen molar-refractivity contribution in [2.24, 2.45) is 5.73 Å². The van der Waals surface area contributed by atoms with Crippen molar-refractivity contribution in [2.45, 2.75) is 38.8 Å². The van der Waals surface area contributed by atoms with Crippen molar-refractivity contribution in [3.63, 3.8) is 0 Å². The van der Waals surface area contributed by atoms with Crippen LogP contribution < -0.4 is 25.6 Å². The number of thiol groups is 1. The molecule has 3 rings (SSSR count). The van der Waals surface area contributed by atoms with Gasteiger partial charge >= 0.3 is 6.03 Å². The van der Waals surface area contributed by atoms with Crippen LogP contribution in [0.4, 0.5) is 21.9 Å². The number of benzene rings is 2. The topological polar surface area (TPSA) is 108 Å². The number of nitrogens with one attached hydrogen (secondary N) is 2. The lowest BCUT2D eigenvalue weighted by Gasteiger charge is -2.31. The minimum atomic E-state index is -0.555. The van der Waals surface area contributed by atoms with Gasteiger partial charge in [-0.25, -0.2) is 9.10 Å². The molecular weight excluding hydrogens is 450 g/mol. The van der Waals surface area contributed by atoms with Gasteiger partial charge in [-0.2, -0.15) is 0 Å². The highest BCUT2D eigenvalue weighted by Gasteiger charge is 2.25. The number of primary amides is 1. The highest BCUT2D eigenvalue weighted by molar-refractivity contribution is 7.82. The molecule has 0 bridgehead atoms. The molecule has 0 spiro atoms. The number of nitrogens with zero attached hydrogens (tertiary/aromatic N) is 2. The molecule has 0 aromatic heterocycles. The van der Waals surface area contributed by atoms with Crippen molar-refractivity contribution in [3.05, 3.63) is 53.1 Å². The van der Waals surface area contributed by atoms with Gasteiger partial charge in [0.1, 0.15) is 0 Å². The Labute approximate surface area is 197 Å². The summed E-state index contributed by atoms with van der Waals surface area (Å²) < 4.78 is 1.10. The molecule has 10 heteroatoms. The van der Waals surface area contributed by atoms with Crippen LogP contribution in [0.3, 0.4) is 0 Å². The predicted octanol–water partition coefficient (Wildman–Crippen LogP) is 4.16. The number of amides is 4. The van der Waals surface area contributed by atoms with Crippen LogP contribution in [0.25, 0.3) is 0 Å². The lowest BCUT2D eigenvalue weighted by atomic mass is 10.1. The van der Waals surface area contributed by atoms with E-state index in [4.69, 9.17) is 17.3 Å². The second kappa shape index (κ2) is 10.7. The average molecular weight is 476 g/mol. The smallest absolute Gasteiger partial charge is 0.336 e.